The Balaban J connectivity index is 2.30. The molecular formula is C22H30FN5O4. The van der Waals surface area contributed by atoms with Crippen LogP contribution < -0.4 is 10.6 Å². The van der Waals surface area contributed by atoms with E-state index in [0.29, 0.717) is 31.2 Å². The molecule has 2 aromatic rings. The monoisotopic (exact) mass is 447 g/mol. The van der Waals surface area contributed by atoms with Gasteiger partial charge in [0.05, 0.1) is 18.8 Å². The number of benzene rings is 1. The Labute approximate surface area is 186 Å². The van der Waals surface area contributed by atoms with Crippen LogP contribution in [0.5, 0.6) is 0 Å². The molecule has 1 aromatic carbocycles. The third-order valence-electron chi connectivity index (χ3n) is 4.97. The van der Waals surface area contributed by atoms with Gasteiger partial charge in [0.15, 0.2) is 5.69 Å². The zero-order chi connectivity index (χ0) is 23.9. The van der Waals surface area contributed by atoms with Gasteiger partial charge in [-0.3, -0.25) is 14.3 Å². The first-order valence-corrected chi connectivity index (χ1v) is 10.5. The highest BCUT2D eigenvalue weighted by molar-refractivity contribution is 6.06. The minimum atomic E-state index is -1.11. The van der Waals surface area contributed by atoms with Gasteiger partial charge in [0, 0.05) is 24.9 Å². The Kier molecular flexibility index (Phi) is 8.69. The number of amides is 2. The average molecular weight is 448 g/mol. The fourth-order valence-corrected chi connectivity index (χ4v) is 3.25. The fourth-order valence-electron chi connectivity index (χ4n) is 3.25. The van der Waals surface area contributed by atoms with Crippen LogP contribution >= 0.6 is 0 Å². The van der Waals surface area contributed by atoms with E-state index in [1.165, 1.54) is 16.8 Å². The van der Waals surface area contributed by atoms with E-state index in [0.717, 1.165) is 0 Å². The van der Waals surface area contributed by atoms with Gasteiger partial charge in [-0.15, -0.1) is 0 Å². The van der Waals surface area contributed by atoms with E-state index in [1.807, 2.05) is 0 Å². The second-order valence-electron chi connectivity index (χ2n) is 8.68. The number of aliphatic hydroxyl groups excluding tert-OH is 2. The van der Waals surface area contributed by atoms with E-state index in [-0.39, 0.29) is 17.8 Å². The molecule has 10 heteroatoms. The van der Waals surface area contributed by atoms with Crippen molar-refractivity contribution in [3.63, 3.8) is 0 Å². The van der Waals surface area contributed by atoms with Crippen molar-refractivity contribution in [1.82, 2.24) is 20.4 Å². The number of rotatable bonds is 10. The van der Waals surface area contributed by atoms with Crippen LogP contribution in [0.1, 0.15) is 50.5 Å². The molecular weight excluding hydrogens is 417 g/mol. The number of nitrogens with zero attached hydrogens (tertiary/aromatic N) is 3. The highest BCUT2D eigenvalue weighted by Gasteiger charge is 2.34. The van der Waals surface area contributed by atoms with Crippen LogP contribution in [0, 0.1) is 22.6 Å². The predicted molar refractivity (Wildman–Crippen MR) is 116 cm³/mol. The molecule has 0 bridgehead atoms. The zero-order valence-electron chi connectivity index (χ0n) is 18.6. The van der Waals surface area contributed by atoms with Gasteiger partial charge >= 0.3 is 0 Å². The van der Waals surface area contributed by atoms with Crippen molar-refractivity contribution in [1.29, 1.82) is 5.26 Å². The van der Waals surface area contributed by atoms with Crippen LogP contribution in [-0.2, 0) is 11.3 Å². The van der Waals surface area contributed by atoms with Crippen LogP contribution in [0.2, 0.25) is 0 Å². The molecule has 2 rings (SSSR count). The molecule has 0 aliphatic carbocycles. The molecule has 1 aromatic heterocycles. The summed E-state index contributed by atoms with van der Waals surface area (Å²) in [5.74, 6) is -1.67. The van der Waals surface area contributed by atoms with Gasteiger partial charge in [0.1, 0.15) is 17.4 Å². The van der Waals surface area contributed by atoms with E-state index in [2.05, 4.69) is 21.8 Å². The SMILES string of the molecule is CC(C)(C)C(NC(=O)c1nn(CCCCC#N)c2c(F)cccc12)C(=O)NCC(O)CO. The molecule has 0 fully saturated rings. The molecule has 0 spiro atoms. The molecule has 0 saturated heterocycles. The van der Waals surface area contributed by atoms with Crippen molar-refractivity contribution in [2.24, 2.45) is 5.41 Å². The summed E-state index contributed by atoms with van der Waals surface area (Å²) in [6.45, 7) is 4.98. The normalized spacial score (nSPS) is 13.4. The number of hydrogen-bond donors (Lipinski definition) is 4. The lowest BCUT2D eigenvalue weighted by molar-refractivity contribution is -0.125. The highest BCUT2D eigenvalue weighted by Crippen LogP contribution is 2.24. The van der Waals surface area contributed by atoms with Gasteiger partial charge in [0.25, 0.3) is 5.91 Å². The van der Waals surface area contributed by atoms with Crippen LogP contribution in [0.4, 0.5) is 4.39 Å². The first-order valence-electron chi connectivity index (χ1n) is 10.5. The van der Waals surface area contributed by atoms with Crippen molar-refractivity contribution < 1.29 is 24.2 Å². The maximum atomic E-state index is 14.5. The molecule has 4 N–H and O–H groups in total. The molecule has 0 aliphatic heterocycles. The number of carbonyl (C=O) groups is 2. The number of carbonyl (C=O) groups excluding carboxylic acids is 2. The third kappa shape index (κ3) is 6.24. The van der Waals surface area contributed by atoms with Gasteiger partial charge < -0.3 is 20.8 Å². The molecule has 32 heavy (non-hydrogen) atoms. The lowest BCUT2D eigenvalue weighted by Crippen LogP contribution is -2.54. The van der Waals surface area contributed by atoms with Crippen molar-refractivity contribution in [3.05, 3.63) is 29.7 Å². The second-order valence-corrected chi connectivity index (χ2v) is 8.68. The van der Waals surface area contributed by atoms with E-state index in [4.69, 9.17) is 10.4 Å². The smallest absolute Gasteiger partial charge is 0.273 e. The van der Waals surface area contributed by atoms with Gasteiger partial charge in [-0.2, -0.15) is 10.4 Å². The van der Waals surface area contributed by atoms with Crippen LogP contribution in [0.15, 0.2) is 18.2 Å². The van der Waals surface area contributed by atoms with E-state index in [9.17, 15) is 19.1 Å². The number of aromatic nitrogens is 2. The number of aryl methyl sites for hydroxylation is 1. The number of fused-ring (bicyclic) bond motifs is 1. The third-order valence-corrected chi connectivity index (χ3v) is 4.97. The predicted octanol–water partition coefficient (Wildman–Crippen LogP) is 1.48. The Morgan fingerprint density at radius 2 is 2.03 bits per heavy atom. The molecule has 9 nitrogen and oxygen atoms in total. The first kappa shape index (κ1) is 25.2. The topological polar surface area (TPSA) is 140 Å². The standard InChI is InChI=1S/C22H30FN5O4/c1-22(2,3)19(21(32)25-12-14(30)13-29)26-20(31)17-15-8-7-9-16(23)18(15)28(27-17)11-6-4-5-10-24/h7-9,14,19,29-30H,4-6,11-13H2,1-3H3,(H,25,32)(H,26,31). The highest BCUT2D eigenvalue weighted by atomic mass is 19.1. The summed E-state index contributed by atoms with van der Waals surface area (Å²) in [5.41, 5.74) is -0.486. The molecule has 0 saturated carbocycles. The van der Waals surface area contributed by atoms with Gasteiger partial charge in [-0.05, 0) is 24.3 Å². The Morgan fingerprint density at radius 1 is 1.31 bits per heavy atom. The van der Waals surface area contributed by atoms with Gasteiger partial charge in [0.2, 0.25) is 5.91 Å². The Hall–Kier alpha value is -3.03. The van der Waals surface area contributed by atoms with E-state index in [1.54, 1.807) is 26.8 Å². The summed E-state index contributed by atoms with van der Waals surface area (Å²) >= 11 is 0. The number of aliphatic hydroxyl groups is 2. The summed E-state index contributed by atoms with van der Waals surface area (Å²) < 4.78 is 16.0. The van der Waals surface area contributed by atoms with Crippen molar-refractivity contribution in [2.45, 2.75) is 58.7 Å². The Bertz CT molecular complexity index is 993. The molecule has 1 heterocycles. The van der Waals surface area contributed by atoms with Crippen molar-refractivity contribution >= 4 is 22.7 Å². The van der Waals surface area contributed by atoms with Gasteiger partial charge in [-0.1, -0.05) is 32.9 Å². The summed E-state index contributed by atoms with van der Waals surface area (Å²) in [5, 5.41) is 36.9. The molecule has 0 radical (unpaired) electrons. The number of nitriles is 1. The lowest BCUT2D eigenvalue weighted by Gasteiger charge is -2.30. The summed E-state index contributed by atoms with van der Waals surface area (Å²) in [7, 11) is 0. The quantitative estimate of drug-likeness (QED) is 0.407. The molecule has 0 aliphatic rings. The largest absolute Gasteiger partial charge is 0.394 e. The van der Waals surface area contributed by atoms with E-state index < -0.39 is 41.8 Å². The number of para-hydroxylation sites is 1. The van der Waals surface area contributed by atoms with Crippen LogP contribution in [0.25, 0.3) is 10.9 Å². The summed E-state index contributed by atoms with van der Waals surface area (Å²) in [6.07, 6.45) is 0.487. The summed E-state index contributed by atoms with van der Waals surface area (Å²) in [4.78, 5) is 25.8. The molecule has 2 amide bonds. The van der Waals surface area contributed by atoms with Crippen LogP contribution in [0.3, 0.4) is 0 Å². The second kappa shape index (κ2) is 11.0. The minimum Gasteiger partial charge on any atom is -0.394 e. The van der Waals surface area contributed by atoms with Crippen LogP contribution in [-0.4, -0.2) is 57.1 Å². The number of halogens is 1. The maximum Gasteiger partial charge on any atom is 0.273 e. The minimum absolute atomic E-state index is 0.00257. The first-order chi connectivity index (χ1) is 15.1. The number of hydrogen-bond acceptors (Lipinski definition) is 6. The fraction of sp³-hybridized carbons (Fsp3) is 0.545. The van der Waals surface area contributed by atoms with Crippen molar-refractivity contribution in [3.8, 4) is 6.07 Å². The Morgan fingerprint density at radius 3 is 2.66 bits per heavy atom. The number of unbranched alkanes of at least 4 members (excludes halogenated alkanes) is 2. The molecule has 174 valence electrons. The van der Waals surface area contributed by atoms with Gasteiger partial charge in [-0.25, -0.2) is 4.39 Å². The summed E-state index contributed by atoms with van der Waals surface area (Å²) in [6, 6.07) is 5.46. The van der Waals surface area contributed by atoms with E-state index >= 15 is 0 Å². The zero-order valence-corrected chi connectivity index (χ0v) is 18.6. The lowest BCUT2D eigenvalue weighted by atomic mass is 9.86. The molecule has 2 unspecified atom stereocenters. The molecule has 2 atom stereocenters. The average Bonchev–Trinajstić information content (AvgIpc) is 3.12. The number of nitrogens with one attached hydrogen (secondary N) is 2. The maximum absolute atomic E-state index is 14.5. The van der Waals surface area contributed by atoms with Crippen molar-refractivity contribution in [2.75, 3.05) is 13.2 Å².